The zero-order chi connectivity index (χ0) is 24.8. The highest BCUT2D eigenvalue weighted by atomic mass is 32.2. The second-order valence-electron chi connectivity index (χ2n) is 7.93. The molecule has 0 fully saturated rings. The number of methoxy groups -OCH3 is 1. The van der Waals surface area contributed by atoms with Crippen LogP contribution >= 0.6 is 11.8 Å². The Morgan fingerprint density at radius 3 is 2.31 bits per heavy atom. The molecule has 1 amide bonds. The number of anilines is 1. The molecular weight excluding hydrogens is 460 g/mol. The lowest BCUT2D eigenvalue weighted by Crippen LogP contribution is -2.14. The summed E-state index contributed by atoms with van der Waals surface area (Å²) in [5, 5.41) is 12.4. The average Bonchev–Trinajstić information content (AvgIpc) is 3.30. The van der Waals surface area contributed by atoms with Crippen LogP contribution in [0.5, 0.6) is 11.5 Å². The van der Waals surface area contributed by atoms with E-state index >= 15 is 0 Å². The van der Waals surface area contributed by atoms with Gasteiger partial charge in [0.05, 0.1) is 19.5 Å². The lowest BCUT2D eigenvalue weighted by Gasteiger charge is -2.12. The number of aromatic nitrogens is 3. The van der Waals surface area contributed by atoms with E-state index in [4.69, 9.17) is 9.47 Å². The van der Waals surface area contributed by atoms with Gasteiger partial charge in [-0.2, -0.15) is 0 Å². The Balaban J connectivity index is 1.59. The molecule has 7 nitrogen and oxygen atoms in total. The van der Waals surface area contributed by atoms with Crippen LogP contribution < -0.4 is 14.8 Å². The first kappa shape index (κ1) is 24.3. The van der Waals surface area contributed by atoms with E-state index in [0.29, 0.717) is 17.6 Å². The molecule has 0 bridgehead atoms. The fraction of sp³-hybridized carbons (Fsp3) is 0.222. The van der Waals surface area contributed by atoms with Gasteiger partial charge in [0.1, 0.15) is 11.5 Å². The maximum Gasteiger partial charge on any atom is 0.234 e. The maximum absolute atomic E-state index is 12.7. The van der Waals surface area contributed by atoms with Crippen LogP contribution in [0.25, 0.3) is 17.1 Å². The first-order valence-electron chi connectivity index (χ1n) is 11.3. The van der Waals surface area contributed by atoms with Gasteiger partial charge in [0, 0.05) is 16.9 Å². The Hall–Kier alpha value is -3.78. The van der Waals surface area contributed by atoms with Crippen molar-refractivity contribution in [3.05, 3.63) is 77.9 Å². The minimum atomic E-state index is -0.106. The van der Waals surface area contributed by atoms with Crippen LogP contribution in [0.4, 0.5) is 5.69 Å². The Kier molecular flexibility index (Phi) is 7.72. The van der Waals surface area contributed by atoms with Gasteiger partial charge in [-0.05, 0) is 92.6 Å². The highest BCUT2D eigenvalue weighted by Crippen LogP contribution is 2.30. The van der Waals surface area contributed by atoms with Crippen molar-refractivity contribution in [2.45, 2.75) is 25.9 Å². The molecule has 0 saturated carbocycles. The van der Waals surface area contributed by atoms with Crippen LogP contribution in [0, 0.1) is 13.8 Å². The molecule has 1 N–H and O–H groups in total. The van der Waals surface area contributed by atoms with E-state index in [1.807, 2.05) is 92.1 Å². The smallest absolute Gasteiger partial charge is 0.234 e. The highest BCUT2D eigenvalue weighted by molar-refractivity contribution is 7.99. The molecule has 0 aliphatic heterocycles. The summed E-state index contributed by atoms with van der Waals surface area (Å²) in [4.78, 5) is 12.7. The first-order valence-corrected chi connectivity index (χ1v) is 12.3. The summed E-state index contributed by atoms with van der Waals surface area (Å²) in [5.74, 6) is 2.32. The number of carbonyl (C=O) groups excluding carboxylic acids is 1. The number of hydrogen-bond acceptors (Lipinski definition) is 6. The molecule has 1 aromatic heterocycles. The van der Waals surface area contributed by atoms with E-state index in [1.54, 1.807) is 7.11 Å². The van der Waals surface area contributed by atoms with Crippen LogP contribution in [-0.2, 0) is 4.79 Å². The Morgan fingerprint density at radius 2 is 1.66 bits per heavy atom. The first-order chi connectivity index (χ1) is 17.0. The molecule has 0 aliphatic rings. The van der Waals surface area contributed by atoms with E-state index in [1.165, 1.54) is 17.3 Å². The summed E-state index contributed by atoms with van der Waals surface area (Å²) in [6.45, 7) is 6.62. The largest absolute Gasteiger partial charge is 0.497 e. The third-order valence-electron chi connectivity index (χ3n) is 5.51. The molecule has 180 valence electrons. The third kappa shape index (κ3) is 5.84. The zero-order valence-corrected chi connectivity index (χ0v) is 21.1. The summed E-state index contributed by atoms with van der Waals surface area (Å²) < 4.78 is 12.8. The van der Waals surface area contributed by atoms with Gasteiger partial charge < -0.3 is 14.8 Å². The second-order valence-corrected chi connectivity index (χ2v) is 8.88. The Labute approximate surface area is 209 Å². The number of amides is 1. The van der Waals surface area contributed by atoms with Crippen molar-refractivity contribution < 1.29 is 14.3 Å². The third-order valence-corrected chi connectivity index (χ3v) is 6.44. The van der Waals surface area contributed by atoms with Gasteiger partial charge in [0.2, 0.25) is 5.91 Å². The van der Waals surface area contributed by atoms with Crippen LogP contribution in [0.2, 0.25) is 0 Å². The van der Waals surface area contributed by atoms with Crippen LogP contribution in [0.15, 0.2) is 71.9 Å². The fourth-order valence-electron chi connectivity index (χ4n) is 3.53. The summed E-state index contributed by atoms with van der Waals surface area (Å²) in [6, 6.07) is 21.3. The molecule has 4 aromatic rings. The van der Waals surface area contributed by atoms with Crippen molar-refractivity contribution in [2.24, 2.45) is 0 Å². The van der Waals surface area contributed by atoms with E-state index in [9.17, 15) is 4.79 Å². The molecule has 1 heterocycles. The molecule has 8 heteroatoms. The molecule has 0 aliphatic carbocycles. The molecule has 0 saturated heterocycles. The molecule has 0 spiro atoms. The zero-order valence-electron chi connectivity index (χ0n) is 20.2. The number of aryl methyl sites for hydroxylation is 2. The van der Waals surface area contributed by atoms with Crippen LogP contribution in [0.3, 0.4) is 0 Å². The number of nitrogens with one attached hydrogen (secondary N) is 1. The predicted octanol–water partition coefficient (Wildman–Crippen LogP) is 5.69. The van der Waals surface area contributed by atoms with Gasteiger partial charge in [-0.1, -0.05) is 17.8 Å². The van der Waals surface area contributed by atoms with E-state index in [2.05, 4.69) is 15.5 Å². The number of thioether (sulfide) groups is 1. The topological polar surface area (TPSA) is 78.3 Å². The monoisotopic (exact) mass is 488 g/mol. The van der Waals surface area contributed by atoms with Gasteiger partial charge in [-0.25, -0.2) is 0 Å². The molecule has 0 atom stereocenters. The standard InChI is InChI=1S/C27H28N4O3S/c1-5-34-24-14-10-22(11-15-24)31-26(20-7-12-23(33-4)13-8-20)29-30-27(31)35-17-25(32)28-21-9-6-18(2)19(3)16-21/h6-16H,5,17H2,1-4H3,(H,28,32). The fourth-order valence-corrected chi connectivity index (χ4v) is 4.28. The summed E-state index contributed by atoms with van der Waals surface area (Å²) in [5.41, 5.74) is 4.87. The van der Waals surface area contributed by atoms with E-state index < -0.39 is 0 Å². The number of rotatable bonds is 9. The van der Waals surface area contributed by atoms with E-state index in [0.717, 1.165) is 34.0 Å². The van der Waals surface area contributed by atoms with Gasteiger partial charge in [0.25, 0.3) is 0 Å². The average molecular weight is 489 g/mol. The molecule has 35 heavy (non-hydrogen) atoms. The van der Waals surface area contributed by atoms with Crippen LogP contribution in [0.1, 0.15) is 18.1 Å². The van der Waals surface area contributed by atoms with Crippen molar-refractivity contribution in [1.29, 1.82) is 0 Å². The van der Waals surface area contributed by atoms with Crippen molar-refractivity contribution >= 4 is 23.4 Å². The predicted molar refractivity (Wildman–Crippen MR) is 140 cm³/mol. The maximum atomic E-state index is 12.7. The lowest BCUT2D eigenvalue weighted by molar-refractivity contribution is -0.113. The minimum absolute atomic E-state index is 0.106. The number of ether oxygens (including phenoxy) is 2. The van der Waals surface area contributed by atoms with Crippen LogP contribution in [-0.4, -0.2) is 40.1 Å². The summed E-state index contributed by atoms with van der Waals surface area (Å²) >= 11 is 1.34. The number of nitrogens with zero attached hydrogens (tertiary/aromatic N) is 3. The van der Waals surface area contributed by atoms with Gasteiger partial charge in [-0.3, -0.25) is 9.36 Å². The Morgan fingerprint density at radius 1 is 0.943 bits per heavy atom. The van der Waals surface area contributed by atoms with Gasteiger partial charge in [0.15, 0.2) is 11.0 Å². The second kappa shape index (κ2) is 11.1. The molecule has 4 rings (SSSR count). The normalized spacial score (nSPS) is 10.7. The SMILES string of the molecule is CCOc1ccc(-n2c(SCC(=O)Nc3ccc(C)c(C)c3)nnc2-c2ccc(OC)cc2)cc1. The number of carbonyl (C=O) groups is 1. The molecule has 0 radical (unpaired) electrons. The highest BCUT2D eigenvalue weighted by Gasteiger charge is 2.18. The Bertz CT molecular complexity index is 1300. The van der Waals surface area contributed by atoms with E-state index in [-0.39, 0.29) is 11.7 Å². The van der Waals surface area contributed by atoms with Gasteiger partial charge in [-0.15, -0.1) is 10.2 Å². The van der Waals surface area contributed by atoms with Crippen molar-refractivity contribution in [2.75, 3.05) is 24.8 Å². The van der Waals surface area contributed by atoms with Gasteiger partial charge >= 0.3 is 0 Å². The molecule has 0 unspecified atom stereocenters. The summed E-state index contributed by atoms with van der Waals surface area (Å²) in [7, 11) is 1.63. The number of hydrogen-bond donors (Lipinski definition) is 1. The molecular formula is C27H28N4O3S. The van der Waals surface area contributed by atoms with Crippen molar-refractivity contribution in [3.63, 3.8) is 0 Å². The quantitative estimate of drug-likeness (QED) is 0.305. The number of benzene rings is 3. The molecule has 3 aromatic carbocycles. The minimum Gasteiger partial charge on any atom is -0.497 e. The lowest BCUT2D eigenvalue weighted by atomic mass is 10.1. The van der Waals surface area contributed by atoms with Crippen molar-refractivity contribution in [1.82, 2.24) is 14.8 Å². The summed E-state index contributed by atoms with van der Waals surface area (Å²) in [6.07, 6.45) is 0. The van der Waals surface area contributed by atoms with Crippen molar-refractivity contribution in [3.8, 4) is 28.6 Å².